The van der Waals surface area contributed by atoms with Crippen LogP contribution in [-0.4, -0.2) is 12.0 Å². The molecule has 0 bridgehead atoms. The Bertz CT molecular complexity index is 404. The highest BCUT2D eigenvalue weighted by atomic mass is 79.9. The summed E-state index contributed by atoms with van der Waals surface area (Å²) in [5.74, 6) is -0.543. The smallest absolute Gasteiger partial charge is 0.389 e. The predicted molar refractivity (Wildman–Crippen MR) is 58.2 cm³/mol. The molecule has 88 valence electrons. The van der Waals surface area contributed by atoms with Crippen molar-refractivity contribution in [2.75, 3.05) is 5.73 Å². The van der Waals surface area contributed by atoms with E-state index in [-0.39, 0.29) is 5.56 Å². The summed E-state index contributed by atoms with van der Waals surface area (Å²) in [5.41, 5.74) is 6.16. The second-order valence-electron chi connectivity index (χ2n) is 3.27. The Labute approximate surface area is 98.8 Å². The summed E-state index contributed by atoms with van der Waals surface area (Å²) < 4.78 is 36.2. The minimum absolute atomic E-state index is 0.227. The number of alkyl halides is 3. The average molecular weight is 296 g/mol. The van der Waals surface area contributed by atoms with E-state index in [1.54, 1.807) is 0 Å². The molecule has 1 rings (SSSR count). The third-order valence-electron chi connectivity index (χ3n) is 1.96. The summed E-state index contributed by atoms with van der Waals surface area (Å²) in [7, 11) is 0. The zero-order valence-corrected chi connectivity index (χ0v) is 9.73. The Balaban J connectivity index is 2.70. The second-order valence-corrected chi connectivity index (χ2v) is 4.13. The fraction of sp³-hybridized carbons (Fsp3) is 0.300. The number of nitrogens with two attached hydrogens (primary N) is 1. The maximum absolute atomic E-state index is 11.9. The van der Waals surface area contributed by atoms with Crippen molar-refractivity contribution in [3.05, 3.63) is 28.2 Å². The van der Waals surface area contributed by atoms with E-state index in [0.29, 0.717) is 10.2 Å². The van der Waals surface area contributed by atoms with Gasteiger partial charge in [-0.15, -0.1) is 0 Å². The highest BCUT2D eigenvalue weighted by molar-refractivity contribution is 9.10. The first-order valence-electron chi connectivity index (χ1n) is 4.44. The number of rotatable bonds is 3. The molecule has 0 fully saturated rings. The molecule has 0 heterocycles. The van der Waals surface area contributed by atoms with E-state index >= 15 is 0 Å². The van der Waals surface area contributed by atoms with Gasteiger partial charge in [0.15, 0.2) is 5.78 Å². The lowest BCUT2D eigenvalue weighted by molar-refractivity contribution is -0.133. The van der Waals surface area contributed by atoms with Crippen LogP contribution >= 0.6 is 15.9 Å². The highest BCUT2D eigenvalue weighted by Gasteiger charge is 2.28. The highest BCUT2D eigenvalue weighted by Crippen LogP contribution is 2.25. The number of hydrogen-bond donors (Lipinski definition) is 1. The van der Waals surface area contributed by atoms with Crippen LogP contribution in [0.2, 0.25) is 0 Å². The van der Waals surface area contributed by atoms with E-state index in [1.807, 2.05) is 0 Å². The summed E-state index contributed by atoms with van der Waals surface area (Å²) in [5, 5.41) is 0. The van der Waals surface area contributed by atoms with E-state index in [9.17, 15) is 18.0 Å². The molecule has 0 atom stereocenters. The van der Waals surface area contributed by atoms with Crippen molar-refractivity contribution in [2.45, 2.75) is 19.0 Å². The number of benzene rings is 1. The van der Waals surface area contributed by atoms with Crippen LogP contribution < -0.4 is 5.73 Å². The molecule has 0 amide bonds. The third kappa shape index (κ3) is 3.84. The van der Waals surface area contributed by atoms with Crippen molar-refractivity contribution in [2.24, 2.45) is 0 Å². The van der Waals surface area contributed by atoms with Crippen LogP contribution in [0.15, 0.2) is 22.7 Å². The summed E-state index contributed by atoms with van der Waals surface area (Å²) in [6.45, 7) is 0. The minimum Gasteiger partial charge on any atom is -0.398 e. The molecule has 16 heavy (non-hydrogen) atoms. The molecular formula is C10H9BrF3NO. The number of hydrogen-bond acceptors (Lipinski definition) is 2. The van der Waals surface area contributed by atoms with E-state index in [1.165, 1.54) is 18.2 Å². The van der Waals surface area contributed by atoms with E-state index in [2.05, 4.69) is 15.9 Å². The zero-order valence-electron chi connectivity index (χ0n) is 8.14. The fourth-order valence-corrected chi connectivity index (χ4v) is 1.48. The lowest BCUT2D eigenvalue weighted by atomic mass is 10.1. The molecule has 0 saturated carbocycles. The van der Waals surface area contributed by atoms with Crippen molar-refractivity contribution in [3.63, 3.8) is 0 Å². The first-order chi connectivity index (χ1) is 7.29. The molecule has 6 heteroatoms. The van der Waals surface area contributed by atoms with Gasteiger partial charge in [-0.25, -0.2) is 0 Å². The van der Waals surface area contributed by atoms with Gasteiger partial charge < -0.3 is 5.73 Å². The molecule has 0 aliphatic heterocycles. The van der Waals surface area contributed by atoms with Gasteiger partial charge >= 0.3 is 6.18 Å². The van der Waals surface area contributed by atoms with Crippen molar-refractivity contribution >= 4 is 27.4 Å². The maximum Gasteiger partial charge on any atom is 0.389 e. The Morgan fingerprint density at radius 3 is 2.50 bits per heavy atom. The van der Waals surface area contributed by atoms with Crippen LogP contribution in [0.25, 0.3) is 0 Å². The van der Waals surface area contributed by atoms with E-state index in [0.717, 1.165) is 0 Å². The molecule has 2 N–H and O–H groups in total. The minimum atomic E-state index is -4.30. The standard InChI is InChI=1S/C10H9BrF3NO/c11-7-5-6(1-2-8(7)15)9(16)3-4-10(12,13)14/h1-2,5H,3-4,15H2. The first-order valence-corrected chi connectivity index (χ1v) is 5.24. The molecule has 0 aliphatic carbocycles. The van der Waals surface area contributed by atoms with Gasteiger partial charge in [0.25, 0.3) is 0 Å². The number of carbonyl (C=O) groups is 1. The van der Waals surface area contributed by atoms with Gasteiger partial charge in [-0.3, -0.25) is 4.79 Å². The Hall–Kier alpha value is -1.04. The Kier molecular flexibility index (Phi) is 3.96. The topological polar surface area (TPSA) is 43.1 Å². The molecule has 0 saturated heterocycles. The molecule has 0 spiro atoms. The molecule has 0 radical (unpaired) electrons. The van der Waals surface area contributed by atoms with Gasteiger partial charge in [0.1, 0.15) is 0 Å². The van der Waals surface area contributed by atoms with Crippen molar-refractivity contribution < 1.29 is 18.0 Å². The summed E-state index contributed by atoms with van der Waals surface area (Å²) in [6, 6.07) is 4.32. The van der Waals surface area contributed by atoms with Crippen molar-refractivity contribution in [1.29, 1.82) is 0 Å². The van der Waals surface area contributed by atoms with Crippen LogP contribution in [0.4, 0.5) is 18.9 Å². The largest absolute Gasteiger partial charge is 0.398 e. The molecular weight excluding hydrogens is 287 g/mol. The van der Waals surface area contributed by atoms with E-state index < -0.39 is 24.8 Å². The fourth-order valence-electron chi connectivity index (χ4n) is 1.10. The Morgan fingerprint density at radius 1 is 1.38 bits per heavy atom. The van der Waals surface area contributed by atoms with E-state index in [4.69, 9.17) is 5.73 Å². The second kappa shape index (κ2) is 4.86. The van der Waals surface area contributed by atoms with Crippen LogP contribution in [0.3, 0.4) is 0 Å². The van der Waals surface area contributed by atoms with Crippen LogP contribution in [0, 0.1) is 0 Å². The predicted octanol–water partition coefficient (Wildman–Crippen LogP) is 3.56. The quantitative estimate of drug-likeness (QED) is 0.684. The number of nitrogen functional groups attached to an aromatic ring is 1. The monoisotopic (exact) mass is 295 g/mol. The lowest BCUT2D eigenvalue weighted by Gasteiger charge is -2.06. The number of ketones is 1. The van der Waals surface area contributed by atoms with Gasteiger partial charge in [-0.05, 0) is 34.1 Å². The number of carbonyl (C=O) groups excluding carboxylic acids is 1. The molecule has 1 aromatic carbocycles. The van der Waals surface area contributed by atoms with Gasteiger partial charge in [-0.1, -0.05) is 0 Å². The van der Waals surface area contributed by atoms with Gasteiger partial charge in [0.2, 0.25) is 0 Å². The van der Waals surface area contributed by atoms with Gasteiger partial charge in [0.05, 0.1) is 6.42 Å². The lowest BCUT2D eigenvalue weighted by Crippen LogP contribution is -2.11. The molecule has 2 nitrogen and oxygen atoms in total. The molecule has 0 aliphatic rings. The SMILES string of the molecule is Nc1ccc(C(=O)CCC(F)(F)F)cc1Br. The van der Waals surface area contributed by atoms with Crippen molar-refractivity contribution in [3.8, 4) is 0 Å². The number of halogens is 4. The zero-order chi connectivity index (χ0) is 12.3. The first kappa shape index (κ1) is 13.0. The summed E-state index contributed by atoms with van der Waals surface area (Å²) >= 11 is 3.11. The van der Waals surface area contributed by atoms with Crippen LogP contribution in [-0.2, 0) is 0 Å². The van der Waals surface area contributed by atoms with Crippen LogP contribution in [0.1, 0.15) is 23.2 Å². The van der Waals surface area contributed by atoms with Gasteiger partial charge in [-0.2, -0.15) is 13.2 Å². The Morgan fingerprint density at radius 2 is 2.00 bits per heavy atom. The van der Waals surface area contributed by atoms with Gasteiger partial charge in [0, 0.05) is 22.1 Å². The maximum atomic E-state index is 11.9. The molecule has 1 aromatic rings. The molecule has 0 unspecified atom stereocenters. The van der Waals surface area contributed by atoms with Crippen LogP contribution in [0.5, 0.6) is 0 Å². The number of anilines is 1. The average Bonchev–Trinajstić information content (AvgIpc) is 2.17. The summed E-state index contributed by atoms with van der Waals surface area (Å²) in [4.78, 5) is 11.4. The summed E-state index contributed by atoms with van der Waals surface area (Å²) in [6.07, 6.45) is -5.95. The third-order valence-corrected chi connectivity index (χ3v) is 2.64. The number of Topliss-reactive ketones (excluding diaryl/α,β-unsaturated/α-hetero) is 1. The van der Waals surface area contributed by atoms with Crippen molar-refractivity contribution in [1.82, 2.24) is 0 Å². The molecule has 0 aromatic heterocycles. The normalized spacial score (nSPS) is 11.5.